The molecule has 1 aromatic carbocycles. The SMILES string of the molecule is CC(C)C(CBr)NS(=O)(=O)c1cccc(F)c1. The van der Waals surface area contributed by atoms with Crippen molar-refractivity contribution in [2.75, 3.05) is 5.33 Å². The van der Waals surface area contributed by atoms with Gasteiger partial charge >= 0.3 is 0 Å². The molecule has 0 saturated heterocycles. The van der Waals surface area contributed by atoms with Crippen LogP contribution in [0.4, 0.5) is 4.39 Å². The lowest BCUT2D eigenvalue weighted by Crippen LogP contribution is -2.39. The Hall–Kier alpha value is -0.460. The van der Waals surface area contributed by atoms with E-state index in [1.54, 1.807) is 0 Å². The van der Waals surface area contributed by atoms with E-state index in [1.165, 1.54) is 18.2 Å². The maximum Gasteiger partial charge on any atom is 0.240 e. The third-order valence-electron chi connectivity index (χ3n) is 2.38. The maximum atomic E-state index is 13.0. The highest BCUT2D eigenvalue weighted by Gasteiger charge is 2.21. The molecule has 0 heterocycles. The third kappa shape index (κ3) is 4.04. The molecular formula is C11H15BrFNO2S. The second kappa shape index (κ2) is 5.93. The first-order valence-electron chi connectivity index (χ1n) is 5.20. The molecule has 0 aliphatic heterocycles. The lowest BCUT2D eigenvalue weighted by Gasteiger charge is -2.19. The number of benzene rings is 1. The summed E-state index contributed by atoms with van der Waals surface area (Å²) in [7, 11) is -3.66. The molecular weight excluding hydrogens is 309 g/mol. The molecule has 0 aliphatic carbocycles. The van der Waals surface area contributed by atoms with Gasteiger partial charge in [-0.05, 0) is 24.1 Å². The molecule has 1 atom stereocenters. The van der Waals surface area contributed by atoms with Gasteiger partial charge in [-0.15, -0.1) is 0 Å². The summed E-state index contributed by atoms with van der Waals surface area (Å²) in [6.45, 7) is 3.83. The summed E-state index contributed by atoms with van der Waals surface area (Å²) in [6.07, 6.45) is 0. The highest BCUT2D eigenvalue weighted by atomic mass is 79.9. The summed E-state index contributed by atoms with van der Waals surface area (Å²) in [6, 6.07) is 4.75. The van der Waals surface area contributed by atoms with Gasteiger partial charge in [0.15, 0.2) is 0 Å². The van der Waals surface area contributed by atoms with Crippen molar-refractivity contribution < 1.29 is 12.8 Å². The first kappa shape index (κ1) is 14.6. The van der Waals surface area contributed by atoms with Gasteiger partial charge in [-0.1, -0.05) is 35.8 Å². The highest BCUT2D eigenvalue weighted by Crippen LogP contribution is 2.14. The highest BCUT2D eigenvalue weighted by molar-refractivity contribution is 9.09. The number of halogens is 2. The summed E-state index contributed by atoms with van der Waals surface area (Å²) in [4.78, 5) is -0.0518. The van der Waals surface area contributed by atoms with Crippen LogP contribution in [-0.4, -0.2) is 19.8 Å². The lowest BCUT2D eigenvalue weighted by molar-refractivity contribution is 0.483. The van der Waals surface area contributed by atoms with Crippen LogP contribution in [0.15, 0.2) is 29.2 Å². The Kier molecular flexibility index (Phi) is 5.09. The van der Waals surface area contributed by atoms with E-state index in [0.29, 0.717) is 5.33 Å². The third-order valence-corrected chi connectivity index (χ3v) is 4.57. The molecule has 0 amide bonds. The normalized spacial score (nSPS) is 13.9. The number of hydrogen-bond acceptors (Lipinski definition) is 2. The molecule has 17 heavy (non-hydrogen) atoms. The zero-order valence-corrected chi connectivity index (χ0v) is 12.1. The molecule has 0 saturated carbocycles. The monoisotopic (exact) mass is 323 g/mol. The average Bonchev–Trinajstić information content (AvgIpc) is 2.25. The summed E-state index contributed by atoms with van der Waals surface area (Å²) in [5.74, 6) is -0.412. The van der Waals surface area contributed by atoms with Gasteiger partial charge in [0, 0.05) is 11.4 Å². The van der Waals surface area contributed by atoms with Crippen molar-refractivity contribution in [3.05, 3.63) is 30.1 Å². The largest absolute Gasteiger partial charge is 0.240 e. The van der Waals surface area contributed by atoms with Crippen LogP contribution in [0.5, 0.6) is 0 Å². The van der Waals surface area contributed by atoms with E-state index < -0.39 is 15.8 Å². The van der Waals surface area contributed by atoms with Crippen molar-refractivity contribution in [3.8, 4) is 0 Å². The first-order chi connectivity index (χ1) is 7.86. The summed E-state index contributed by atoms with van der Waals surface area (Å²) in [5.41, 5.74) is 0. The molecule has 3 nitrogen and oxygen atoms in total. The number of alkyl halides is 1. The zero-order chi connectivity index (χ0) is 13.1. The molecule has 0 aliphatic rings. The minimum atomic E-state index is -3.66. The van der Waals surface area contributed by atoms with Crippen molar-refractivity contribution in [2.45, 2.75) is 24.8 Å². The van der Waals surface area contributed by atoms with Gasteiger partial charge in [-0.25, -0.2) is 17.5 Å². The Morgan fingerprint density at radius 1 is 1.41 bits per heavy atom. The predicted molar refractivity (Wildman–Crippen MR) is 69.1 cm³/mol. The van der Waals surface area contributed by atoms with Crippen molar-refractivity contribution in [2.24, 2.45) is 5.92 Å². The van der Waals surface area contributed by atoms with E-state index in [4.69, 9.17) is 0 Å². The Bertz CT molecular complexity index is 476. The molecule has 0 spiro atoms. The Morgan fingerprint density at radius 2 is 2.06 bits per heavy atom. The molecule has 6 heteroatoms. The van der Waals surface area contributed by atoms with Crippen LogP contribution in [0.1, 0.15) is 13.8 Å². The Balaban J connectivity index is 2.96. The van der Waals surface area contributed by atoms with E-state index in [9.17, 15) is 12.8 Å². The van der Waals surface area contributed by atoms with Gasteiger partial charge in [0.05, 0.1) is 4.90 Å². The fourth-order valence-electron chi connectivity index (χ4n) is 1.25. The first-order valence-corrected chi connectivity index (χ1v) is 7.81. The van der Waals surface area contributed by atoms with E-state index in [-0.39, 0.29) is 16.9 Å². The molecule has 0 aromatic heterocycles. The van der Waals surface area contributed by atoms with Gasteiger partial charge in [0.2, 0.25) is 10.0 Å². The standard InChI is InChI=1S/C11H15BrFNO2S/c1-8(2)11(7-12)14-17(15,16)10-5-3-4-9(13)6-10/h3-6,8,11,14H,7H2,1-2H3. The molecule has 96 valence electrons. The molecule has 1 rings (SSSR count). The minimum Gasteiger partial charge on any atom is -0.207 e. The van der Waals surface area contributed by atoms with Crippen LogP contribution in [0.3, 0.4) is 0 Å². The summed E-state index contributed by atoms with van der Waals surface area (Å²) >= 11 is 3.26. The maximum absolute atomic E-state index is 13.0. The average molecular weight is 324 g/mol. The summed E-state index contributed by atoms with van der Waals surface area (Å²) in [5, 5.41) is 0.513. The fourth-order valence-corrected chi connectivity index (χ4v) is 3.79. The van der Waals surface area contributed by atoms with Crippen molar-refractivity contribution in [1.82, 2.24) is 4.72 Å². The van der Waals surface area contributed by atoms with E-state index in [1.807, 2.05) is 13.8 Å². The zero-order valence-electron chi connectivity index (χ0n) is 9.65. The number of nitrogens with one attached hydrogen (secondary N) is 1. The van der Waals surface area contributed by atoms with Crippen molar-refractivity contribution in [1.29, 1.82) is 0 Å². The molecule has 1 aromatic rings. The fraction of sp³-hybridized carbons (Fsp3) is 0.455. The smallest absolute Gasteiger partial charge is 0.207 e. The predicted octanol–water partition coefficient (Wildman–Crippen LogP) is 2.52. The molecule has 1 unspecified atom stereocenters. The van der Waals surface area contributed by atoms with Crippen LogP contribution in [0, 0.1) is 11.7 Å². The Morgan fingerprint density at radius 3 is 2.53 bits per heavy atom. The number of rotatable bonds is 5. The van der Waals surface area contributed by atoms with E-state index in [0.717, 1.165) is 6.07 Å². The van der Waals surface area contributed by atoms with Gasteiger partial charge in [0.1, 0.15) is 5.82 Å². The van der Waals surface area contributed by atoms with Crippen molar-refractivity contribution in [3.63, 3.8) is 0 Å². The summed E-state index contributed by atoms with van der Waals surface area (Å²) < 4.78 is 39.4. The van der Waals surface area contributed by atoms with Crippen LogP contribution in [-0.2, 0) is 10.0 Å². The lowest BCUT2D eigenvalue weighted by atomic mass is 10.1. The molecule has 0 fully saturated rings. The topological polar surface area (TPSA) is 46.2 Å². The van der Waals surface area contributed by atoms with Gasteiger partial charge in [-0.3, -0.25) is 0 Å². The van der Waals surface area contributed by atoms with Crippen LogP contribution < -0.4 is 4.72 Å². The van der Waals surface area contributed by atoms with Gasteiger partial charge in [-0.2, -0.15) is 0 Å². The molecule has 0 radical (unpaired) electrons. The van der Waals surface area contributed by atoms with Gasteiger partial charge in [0.25, 0.3) is 0 Å². The number of hydrogen-bond donors (Lipinski definition) is 1. The van der Waals surface area contributed by atoms with Crippen LogP contribution >= 0.6 is 15.9 Å². The van der Waals surface area contributed by atoms with Crippen LogP contribution in [0.25, 0.3) is 0 Å². The quantitative estimate of drug-likeness (QED) is 0.846. The molecule has 0 bridgehead atoms. The molecule has 1 N–H and O–H groups in total. The Labute approximate surface area is 110 Å². The minimum absolute atomic E-state index is 0.0518. The second-order valence-corrected chi connectivity index (χ2v) is 6.44. The van der Waals surface area contributed by atoms with Crippen LogP contribution in [0.2, 0.25) is 0 Å². The van der Waals surface area contributed by atoms with Gasteiger partial charge < -0.3 is 0 Å². The van der Waals surface area contributed by atoms with Crippen molar-refractivity contribution >= 4 is 26.0 Å². The number of sulfonamides is 1. The van der Waals surface area contributed by atoms with E-state index in [2.05, 4.69) is 20.7 Å². The second-order valence-electron chi connectivity index (χ2n) is 4.08. The van der Waals surface area contributed by atoms with E-state index >= 15 is 0 Å².